The maximum Gasteiger partial charge on any atom is 0.318 e. The molecular formula is C14H15FN2O3. The number of hydrogen-bond acceptors (Lipinski definition) is 5. The van der Waals surface area contributed by atoms with E-state index in [1.54, 1.807) is 19.1 Å². The number of nitrogens with zero attached hydrogens (tertiary/aromatic N) is 2. The van der Waals surface area contributed by atoms with Gasteiger partial charge >= 0.3 is 5.97 Å². The fourth-order valence-corrected chi connectivity index (χ4v) is 1.78. The zero-order chi connectivity index (χ0) is 14.5. The van der Waals surface area contributed by atoms with Gasteiger partial charge in [-0.25, -0.2) is 4.39 Å². The van der Waals surface area contributed by atoms with Gasteiger partial charge in [0.05, 0.1) is 6.61 Å². The van der Waals surface area contributed by atoms with Gasteiger partial charge < -0.3 is 9.26 Å². The molecule has 0 amide bonds. The van der Waals surface area contributed by atoms with Crippen LogP contribution in [0, 0.1) is 5.82 Å². The summed E-state index contributed by atoms with van der Waals surface area (Å²) >= 11 is 0. The first kappa shape index (κ1) is 14.2. The zero-order valence-corrected chi connectivity index (χ0v) is 11.3. The van der Waals surface area contributed by atoms with Crippen LogP contribution in [-0.4, -0.2) is 22.7 Å². The molecule has 1 heterocycles. The van der Waals surface area contributed by atoms with Crippen molar-refractivity contribution in [3.63, 3.8) is 0 Å². The van der Waals surface area contributed by atoms with Crippen LogP contribution in [0.2, 0.25) is 0 Å². The molecule has 0 saturated heterocycles. The highest BCUT2D eigenvalue weighted by atomic mass is 19.1. The van der Waals surface area contributed by atoms with Gasteiger partial charge in [-0.2, -0.15) is 4.98 Å². The van der Waals surface area contributed by atoms with Crippen LogP contribution in [0.5, 0.6) is 0 Å². The highest BCUT2D eigenvalue weighted by Crippen LogP contribution is 2.23. The minimum absolute atomic E-state index is 0.213. The lowest BCUT2D eigenvalue weighted by Crippen LogP contribution is -2.15. The van der Waals surface area contributed by atoms with Crippen molar-refractivity contribution in [2.45, 2.75) is 26.2 Å². The largest absolute Gasteiger partial charge is 0.465 e. The van der Waals surface area contributed by atoms with Crippen LogP contribution < -0.4 is 0 Å². The third kappa shape index (κ3) is 3.01. The Hall–Kier alpha value is -2.24. The van der Waals surface area contributed by atoms with Crippen molar-refractivity contribution >= 4 is 5.97 Å². The van der Waals surface area contributed by atoms with Gasteiger partial charge in [0.2, 0.25) is 11.7 Å². The SMILES string of the molecule is CCOC(=O)C(CC)c1nc(-c2ccc(F)cc2)no1. The summed E-state index contributed by atoms with van der Waals surface area (Å²) in [6, 6.07) is 5.73. The summed E-state index contributed by atoms with van der Waals surface area (Å²) in [5.41, 5.74) is 0.625. The number of benzene rings is 1. The number of carbonyl (C=O) groups excluding carboxylic acids is 1. The van der Waals surface area contributed by atoms with Gasteiger partial charge in [-0.05, 0) is 37.6 Å². The van der Waals surface area contributed by atoms with E-state index in [2.05, 4.69) is 10.1 Å². The van der Waals surface area contributed by atoms with Gasteiger partial charge in [-0.1, -0.05) is 12.1 Å². The topological polar surface area (TPSA) is 65.2 Å². The second-order valence-electron chi connectivity index (χ2n) is 4.18. The van der Waals surface area contributed by atoms with E-state index in [1.165, 1.54) is 12.1 Å². The maximum atomic E-state index is 12.9. The van der Waals surface area contributed by atoms with E-state index in [-0.39, 0.29) is 17.7 Å². The van der Waals surface area contributed by atoms with Gasteiger partial charge in [0.25, 0.3) is 0 Å². The number of halogens is 1. The predicted molar refractivity (Wildman–Crippen MR) is 69.4 cm³/mol. The molecule has 0 N–H and O–H groups in total. The Bertz CT molecular complexity index is 580. The first-order valence-electron chi connectivity index (χ1n) is 6.41. The molecule has 0 fully saturated rings. The second-order valence-corrected chi connectivity index (χ2v) is 4.18. The van der Waals surface area contributed by atoms with Gasteiger partial charge in [0.1, 0.15) is 11.7 Å². The van der Waals surface area contributed by atoms with Gasteiger partial charge in [0.15, 0.2) is 0 Å². The van der Waals surface area contributed by atoms with E-state index >= 15 is 0 Å². The highest BCUT2D eigenvalue weighted by Gasteiger charge is 2.26. The van der Waals surface area contributed by atoms with Gasteiger partial charge in [-0.15, -0.1) is 0 Å². The summed E-state index contributed by atoms with van der Waals surface area (Å²) < 4.78 is 22.9. The number of rotatable bonds is 5. The van der Waals surface area contributed by atoms with Crippen LogP contribution in [0.4, 0.5) is 4.39 Å². The Labute approximate surface area is 115 Å². The summed E-state index contributed by atoms with van der Waals surface area (Å²) in [7, 11) is 0. The molecule has 1 aromatic heterocycles. The molecule has 0 aliphatic rings. The first-order valence-corrected chi connectivity index (χ1v) is 6.41. The van der Waals surface area contributed by atoms with E-state index in [9.17, 15) is 9.18 Å². The first-order chi connectivity index (χ1) is 9.65. The standard InChI is InChI=1S/C14H15FN2O3/c1-3-11(14(18)19-4-2)13-16-12(17-20-13)9-5-7-10(15)8-6-9/h5-8,11H,3-4H2,1-2H3. The van der Waals surface area contributed by atoms with E-state index in [4.69, 9.17) is 9.26 Å². The summed E-state index contributed by atoms with van der Waals surface area (Å²) in [4.78, 5) is 15.9. The van der Waals surface area contributed by atoms with Gasteiger partial charge in [0, 0.05) is 5.56 Å². The molecule has 5 nitrogen and oxygen atoms in total. The molecule has 1 unspecified atom stereocenters. The number of aromatic nitrogens is 2. The molecule has 0 bridgehead atoms. The van der Waals surface area contributed by atoms with Crippen LogP contribution in [0.1, 0.15) is 32.1 Å². The molecule has 20 heavy (non-hydrogen) atoms. The quantitative estimate of drug-likeness (QED) is 0.787. The second kappa shape index (κ2) is 6.27. The van der Waals surface area contributed by atoms with E-state index in [0.717, 1.165) is 0 Å². The summed E-state index contributed by atoms with van der Waals surface area (Å²) in [5.74, 6) is -0.760. The minimum atomic E-state index is -0.573. The van der Waals surface area contributed by atoms with Crippen molar-refractivity contribution in [3.05, 3.63) is 36.0 Å². The summed E-state index contributed by atoms with van der Waals surface area (Å²) in [5, 5.41) is 3.81. The Balaban J connectivity index is 2.23. The molecule has 1 aromatic carbocycles. The molecule has 0 saturated carbocycles. The smallest absolute Gasteiger partial charge is 0.318 e. The lowest BCUT2D eigenvalue weighted by Gasteiger charge is -2.08. The monoisotopic (exact) mass is 278 g/mol. The Kier molecular flexibility index (Phi) is 4.45. The van der Waals surface area contributed by atoms with Crippen LogP contribution >= 0.6 is 0 Å². The molecular weight excluding hydrogens is 263 g/mol. The Morgan fingerprint density at radius 2 is 2.05 bits per heavy atom. The van der Waals surface area contributed by atoms with Crippen LogP contribution in [0.15, 0.2) is 28.8 Å². The van der Waals surface area contributed by atoms with Crippen molar-refractivity contribution in [2.75, 3.05) is 6.61 Å². The van der Waals surface area contributed by atoms with Crippen LogP contribution in [-0.2, 0) is 9.53 Å². The fraction of sp³-hybridized carbons (Fsp3) is 0.357. The third-order valence-electron chi connectivity index (χ3n) is 2.82. The van der Waals surface area contributed by atoms with Crippen molar-refractivity contribution in [1.29, 1.82) is 0 Å². The number of carbonyl (C=O) groups is 1. The molecule has 0 spiro atoms. The molecule has 0 aliphatic carbocycles. The van der Waals surface area contributed by atoms with Crippen molar-refractivity contribution in [1.82, 2.24) is 10.1 Å². The van der Waals surface area contributed by atoms with E-state index in [0.29, 0.717) is 24.4 Å². The average Bonchev–Trinajstić information content (AvgIpc) is 2.90. The molecule has 0 radical (unpaired) electrons. The molecule has 2 aromatic rings. The van der Waals surface area contributed by atoms with Gasteiger partial charge in [-0.3, -0.25) is 4.79 Å². The highest BCUT2D eigenvalue weighted by molar-refractivity contribution is 5.76. The maximum absolute atomic E-state index is 12.9. The number of esters is 1. The number of ether oxygens (including phenoxy) is 1. The van der Waals surface area contributed by atoms with Crippen molar-refractivity contribution in [2.24, 2.45) is 0 Å². The lowest BCUT2D eigenvalue weighted by atomic mass is 10.1. The number of hydrogen-bond donors (Lipinski definition) is 0. The molecule has 0 aliphatic heterocycles. The molecule has 6 heteroatoms. The summed E-state index contributed by atoms with van der Waals surface area (Å²) in [6.07, 6.45) is 0.504. The average molecular weight is 278 g/mol. The fourth-order valence-electron chi connectivity index (χ4n) is 1.78. The van der Waals surface area contributed by atoms with Crippen molar-refractivity contribution in [3.8, 4) is 11.4 Å². The van der Waals surface area contributed by atoms with Crippen LogP contribution in [0.25, 0.3) is 11.4 Å². The van der Waals surface area contributed by atoms with Crippen molar-refractivity contribution < 1.29 is 18.4 Å². The minimum Gasteiger partial charge on any atom is -0.465 e. The molecule has 1 atom stereocenters. The summed E-state index contributed by atoms with van der Waals surface area (Å²) in [6.45, 7) is 3.88. The Morgan fingerprint density at radius 3 is 2.65 bits per heavy atom. The van der Waals surface area contributed by atoms with E-state index < -0.39 is 5.92 Å². The predicted octanol–water partition coefficient (Wildman–Crippen LogP) is 2.93. The zero-order valence-electron chi connectivity index (χ0n) is 11.3. The molecule has 2 rings (SSSR count). The molecule has 106 valence electrons. The van der Waals surface area contributed by atoms with Crippen LogP contribution in [0.3, 0.4) is 0 Å². The third-order valence-corrected chi connectivity index (χ3v) is 2.82. The normalized spacial score (nSPS) is 12.2. The Morgan fingerprint density at radius 1 is 1.35 bits per heavy atom. The van der Waals surface area contributed by atoms with E-state index in [1.807, 2.05) is 6.92 Å². The lowest BCUT2D eigenvalue weighted by molar-refractivity contribution is -0.145.